The van der Waals surface area contributed by atoms with Gasteiger partial charge < -0.3 is 14.5 Å². The van der Waals surface area contributed by atoms with E-state index in [9.17, 15) is 14.0 Å². The molecule has 0 saturated carbocycles. The lowest BCUT2D eigenvalue weighted by molar-refractivity contribution is -0.113. The number of aromatic nitrogens is 1. The number of rotatable bonds is 6. The summed E-state index contributed by atoms with van der Waals surface area (Å²) >= 11 is 1.13. The summed E-state index contributed by atoms with van der Waals surface area (Å²) in [6.07, 6.45) is 1.53. The number of carbonyl (C=O) groups is 2. The number of hydrogen-bond donors (Lipinski definition) is 1. The summed E-state index contributed by atoms with van der Waals surface area (Å²) in [4.78, 5) is 28.0. The molecule has 8 heteroatoms. The number of methoxy groups -OCH3 is 1. The molecule has 28 heavy (non-hydrogen) atoms. The van der Waals surface area contributed by atoms with E-state index in [-0.39, 0.29) is 17.5 Å². The van der Waals surface area contributed by atoms with Crippen molar-refractivity contribution >= 4 is 29.3 Å². The summed E-state index contributed by atoms with van der Waals surface area (Å²) in [5, 5.41) is 3.09. The van der Waals surface area contributed by atoms with Crippen molar-refractivity contribution < 1.29 is 23.1 Å². The number of anilines is 1. The lowest BCUT2D eigenvalue weighted by Gasteiger charge is -2.09. The Hall–Kier alpha value is -3.13. The number of halogens is 1. The molecular formula is C20H17FN2O4S. The predicted octanol–water partition coefficient (Wildman–Crippen LogP) is 4.31. The van der Waals surface area contributed by atoms with E-state index in [1.165, 1.54) is 25.4 Å². The molecule has 3 rings (SSSR count). The largest absolute Gasteiger partial charge is 0.465 e. The van der Waals surface area contributed by atoms with Crippen LogP contribution in [-0.2, 0) is 9.53 Å². The Kier molecular flexibility index (Phi) is 6.10. The third-order valence-corrected chi connectivity index (χ3v) is 4.71. The van der Waals surface area contributed by atoms with Crippen molar-refractivity contribution in [1.29, 1.82) is 0 Å². The van der Waals surface area contributed by atoms with E-state index in [0.717, 1.165) is 17.3 Å². The summed E-state index contributed by atoms with van der Waals surface area (Å²) in [5.74, 6) is -0.508. The third-order valence-electron chi connectivity index (χ3n) is 3.87. The van der Waals surface area contributed by atoms with Gasteiger partial charge >= 0.3 is 5.97 Å². The van der Waals surface area contributed by atoms with Gasteiger partial charge in [0.25, 0.3) is 5.22 Å². The average Bonchev–Trinajstić information content (AvgIpc) is 3.17. The van der Waals surface area contributed by atoms with Crippen molar-refractivity contribution in [1.82, 2.24) is 4.98 Å². The van der Waals surface area contributed by atoms with Crippen LogP contribution in [0.1, 0.15) is 15.9 Å². The van der Waals surface area contributed by atoms with Gasteiger partial charge in [-0.1, -0.05) is 17.8 Å². The maximum Gasteiger partial charge on any atom is 0.337 e. The van der Waals surface area contributed by atoms with E-state index >= 15 is 0 Å². The van der Waals surface area contributed by atoms with Crippen LogP contribution >= 0.6 is 11.8 Å². The standard InChI is InChI=1S/C20H17FN2O4S/c1-12-3-4-14(19(25)26-2)9-16(12)23-18(24)11-28-20-22-10-17(27-20)13-5-7-15(21)8-6-13/h3-10H,11H2,1-2H3,(H,23,24). The van der Waals surface area contributed by atoms with Crippen LogP contribution in [0.3, 0.4) is 0 Å². The van der Waals surface area contributed by atoms with Gasteiger partial charge in [0.2, 0.25) is 5.91 Å². The number of amides is 1. The van der Waals surface area contributed by atoms with Gasteiger partial charge in [-0.2, -0.15) is 0 Å². The van der Waals surface area contributed by atoms with Crippen molar-refractivity contribution in [3.63, 3.8) is 0 Å². The number of nitrogens with zero attached hydrogens (tertiary/aromatic N) is 1. The maximum atomic E-state index is 13.0. The zero-order valence-corrected chi connectivity index (χ0v) is 16.0. The summed E-state index contributed by atoms with van der Waals surface area (Å²) in [6, 6.07) is 10.8. The minimum absolute atomic E-state index is 0.0747. The molecule has 0 aliphatic carbocycles. The van der Waals surface area contributed by atoms with E-state index in [1.54, 1.807) is 30.3 Å². The molecule has 6 nitrogen and oxygen atoms in total. The van der Waals surface area contributed by atoms with Crippen LogP contribution in [-0.4, -0.2) is 29.7 Å². The zero-order chi connectivity index (χ0) is 20.1. The normalized spacial score (nSPS) is 10.5. The number of esters is 1. The maximum absolute atomic E-state index is 13.0. The monoisotopic (exact) mass is 400 g/mol. The Morgan fingerprint density at radius 1 is 1.21 bits per heavy atom. The Bertz CT molecular complexity index is 1000. The average molecular weight is 400 g/mol. The minimum Gasteiger partial charge on any atom is -0.465 e. The topological polar surface area (TPSA) is 81.4 Å². The molecular weight excluding hydrogens is 383 g/mol. The molecule has 1 heterocycles. The second-order valence-electron chi connectivity index (χ2n) is 5.86. The van der Waals surface area contributed by atoms with Crippen LogP contribution in [0.4, 0.5) is 10.1 Å². The first kappa shape index (κ1) is 19.6. The van der Waals surface area contributed by atoms with Crippen LogP contribution in [0.2, 0.25) is 0 Å². The van der Waals surface area contributed by atoms with E-state index in [4.69, 9.17) is 4.42 Å². The number of thioether (sulfide) groups is 1. The number of aryl methyl sites for hydroxylation is 1. The zero-order valence-electron chi connectivity index (χ0n) is 15.2. The van der Waals surface area contributed by atoms with Gasteiger partial charge in [0.05, 0.1) is 24.6 Å². The molecule has 0 unspecified atom stereocenters. The first-order valence-electron chi connectivity index (χ1n) is 8.29. The molecule has 1 amide bonds. The summed E-state index contributed by atoms with van der Waals surface area (Å²) in [5.41, 5.74) is 2.40. The molecule has 144 valence electrons. The molecule has 0 aliphatic rings. The molecule has 1 N–H and O–H groups in total. The molecule has 0 aliphatic heterocycles. The highest BCUT2D eigenvalue weighted by molar-refractivity contribution is 7.99. The highest BCUT2D eigenvalue weighted by atomic mass is 32.2. The van der Waals surface area contributed by atoms with Gasteiger partial charge in [-0.05, 0) is 48.9 Å². The Balaban J connectivity index is 1.61. The number of carbonyl (C=O) groups excluding carboxylic acids is 2. The summed E-state index contributed by atoms with van der Waals surface area (Å²) < 4.78 is 23.3. The van der Waals surface area contributed by atoms with E-state index in [2.05, 4.69) is 15.0 Å². The van der Waals surface area contributed by atoms with Crippen LogP contribution in [0.5, 0.6) is 0 Å². The molecule has 0 saturated heterocycles. The van der Waals surface area contributed by atoms with Gasteiger partial charge in [0.1, 0.15) is 5.82 Å². The first-order valence-corrected chi connectivity index (χ1v) is 9.28. The Labute approximate surface area is 165 Å². The molecule has 1 aromatic heterocycles. The molecule has 0 atom stereocenters. The van der Waals surface area contributed by atoms with Crippen molar-refractivity contribution in [2.75, 3.05) is 18.2 Å². The van der Waals surface area contributed by atoms with Gasteiger partial charge in [-0.25, -0.2) is 14.2 Å². The number of ether oxygens (including phenoxy) is 1. The molecule has 0 fully saturated rings. The quantitative estimate of drug-likeness (QED) is 0.491. The molecule has 0 bridgehead atoms. The van der Waals surface area contributed by atoms with E-state index < -0.39 is 5.97 Å². The lowest BCUT2D eigenvalue weighted by Crippen LogP contribution is -2.15. The Morgan fingerprint density at radius 3 is 2.68 bits per heavy atom. The van der Waals surface area contributed by atoms with Crippen molar-refractivity contribution in [3.05, 3.63) is 65.6 Å². The predicted molar refractivity (Wildman–Crippen MR) is 104 cm³/mol. The SMILES string of the molecule is COC(=O)c1ccc(C)c(NC(=O)CSc2ncc(-c3ccc(F)cc3)o2)c1. The van der Waals surface area contributed by atoms with Crippen LogP contribution < -0.4 is 5.32 Å². The van der Waals surface area contributed by atoms with Crippen LogP contribution in [0, 0.1) is 12.7 Å². The highest BCUT2D eigenvalue weighted by Gasteiger charge is 2.13. The molecule has 0 spiro atoms. The van der Waals surface area contributed by atoms with Gasteiger partial charge in [0, 0.05) is 11.3 Å². The lowest BCUT2D eigenvalue weighted by atomic mass is 10.1. The highest BCUT2D eigenvalue weighted by Crippen LogP contribution is 2.26. The number of benzene rings is 2. The first-order chi connectivity index (χ1) is 13.5. The van der Waals surface area contributed by atoms with Gasteiger partial charge in [-0.15, -0.1) is 0 Å². The van der Waals surface area contributed by atoms with E-state index in [1.807, 2.05) is 6.92 Å². The van der Waals surface area contributed by atoms with Crippen LogP contribution in [0.25, 0.3) is 11.3 Å². The molecule has 0 radical (unpaired) electrons. The second-order valence-corrected chi connectivity index (χ2v) is 6.78. The van der Waals surface area contributed by atoms with Crippen molar-refractivity contribution in [3.8, 4) is 11.3 Å². The molecule has 3 aromatic rings. The summed E-state index contributed by atoms with van der Waals surface area (Å²) in [7, 11) is 1.30. The van der Waals surface area contributed by atoms with Crippen molar-refractivity contribution in [2.24, 2.45) is 0 Å². The van der Waals surface area contributed by atoms with Gasteiger partial charge in [-0.3, -0.25) is 4.79 Å². The third kappa shape index (κ3) is 4.77. The number of hydrogen-bond acceptors (Lipinski definition) is 6. The Morgan fingerprint density at radius 2 is 1.96 bits per heavy atom. The fraction of sp³-hybridized carbons (Fsp3) is 0.150. The van der Waals surface area contributed by atoms with Crippen LogP contribution in [0.15, 0.2) is 58.3 Å². The number of nitrogens with one attached hydrogen (secondary N) is 1. The molecule has 2 aromatic carbocycles. The van der Waals surface area contributed by atoms with Gasteiger partial charge in [0.15, 0.2) is 5.76 Å². The second kappa shape index (κ2) is 8.71. The fourth-order valence-corrected chi connectivity index (χ4v) is 2.99. The smallest absolute Gasteiger partial charge is 0.337 e. The minimum atomic E-state index is -0.474. The van der Waals surface area contributed by atoms with Crippen molar-refractivity contribution in [2.45, 2.75) is 12.1 Å². The summed E-state index contributed by atoms with van der Waals surface area (Å²) in [6.45, 7) is 1.83. The number of oxazole rings is 1. The fourth-order valence-electron chi connectivity index (χ4n) is 2.39. The van der Waals surface area contributed by atoms with E-state index in [0.29, 0.717) is 27.8 Å².